The molecule has 0 heterocycles. The van der Waals surface area contributed by atoms with Crippen LogP contribution in [0.4, 0.5) is 0 Å². The fourth-order valence-corrected chi connectivity index (χ4v) is 9.21. The topological polar surface area (TPSA) is 77.8 Å². The van der Waals surface area contributed by atoms with E-state index in [1.165, 1.54) is 0 Å². The Morgan fingerprint density at radius 3 is 2.40 bits per heavy atom. The molecule has 30 heavy (non-hydrogen) atoms. The van der Waals surface area contributed by atoms with Crippen LogP contribution in [0.2, 0.25) is 0 Å². The van der Waals surface area contributed by atoms with Gasteiger partial charge >= 0.3 is 0 Å². The van der Waals surface area contributed by atoms with Gasteiger partial charge in [-0.3, -0.25) is 0 Å². The second kappa shape index (κ2) is 7.56. The van der Waals surface area contributed by atoms with Crippen molar-refractivity contribution >= 4 is 5.78 Å². The number of ketones is 1. The summed E-state index contributed by atoms with van der Waals surface area (Å²) in [6.07, 6.45) is 6.90. The first-order valence-electron chi connectivity index (χ1n) is 12.5. The summed E-state index contributed by atoms with van der Waals surface area (Å²) in [7, 11) is 0. The average molecular weight is 421 g/mol. The Bertz CT molecular complexity index is 678. The number of fused-ring (bicyclic) bond motifs is 5. The molecular formula is C26H44O4. The van der Waals surface area contributed by atoms with Crippen molar-refractivity contribution in [3.63, 3.8) is 0 Å². The summed E-state index contributed by atoms with van der Waals surface area (Å²) in [5.41, 5.74) is -0.168. The van der Waals surface area contributed by atoms with E-state index in [1.54, 1.807) is 6.92 Å². The number of carbonyl (C=O) groups excluding carboxylic acids is 1. The van der Waals surface area contributed by atoms with Gasteiger partial charge in [-0.2, -0.15) is 0 Å². The molecule has 4 aliphatic rings. The molecule has 0 saturated heterocycles. The molecule has 4 saturated carbocycles. The summed E-state index contributed by atoms with van der Waals surface area (Å²) >= 11 is 0. The second-order valence-corrected chi connectivity index (χ2v) is 12.5. The maximum atomic E-state index is 11.6. The lowest BCUT2D eigenvalue weighted by Crippen LogP contribution is -2.65. The van der Waals surface area contributed by atoms with E-state index in [9.17, 15) is 20.1 Å². The zero-order valence-electron chi connectivity index (χ0n) is 19.7. The van der Waals surface area contributed by atoms with Crippen molar-refractivity contribution in [2.24, 2.45) is 45.8 Å². The molecule has 4 rings (SSSR count). The van der Waals surface area contributed by atoms with Gasteiger partial charge in [-0.1, -0.05) is 27.7 Å². The summed E-state index contributed by atoms with van der Waals surface area (Å²) in [5, 5.41) is 33.4. The fraction of sp³-hybridized carbons (Fsp3) is 0.962. The number of carbonyl (C=O) groups is 1. The van der Waals surface area contributed by atoms with Gasteiger partial charge in [-0.15, -0.1) is 0 Å². The van der Waals surface area contributed by atoms with Gasteiger partial charge < -0.3 is 20.1 Å². The lowest BCUT2D eigenvalue weighted by Gasteiger charge is -2.67. The normalized spacial score (nSPS) is 54.1. The maximum Gasteiger partial charge on any atom is 0.129 e. The predicted octanol–water partition coefficient (Wildman–Crippen LogP) is 4.34. The number of aliphatic hydroxyl groups is 3. The van der Waals surface area contributed by atoms with E-state index in [-0.39, 0.29) is 46.3 Å². The third kappa shape index (κ3) is 3.15. The fourth-order valence-electron chi connectivity index (χ4n) is 9.21. The zero-order chi connectivity index (χ0) is 22.1. The number of rotatable bonds is 4. The van der Waals surface area contributed by atoms with E-state index in [1.807, 2.05) is 0 Å². The SMILES string of the molecule is CC(=O)CC[C@@H](C)[C@H]1CC[C@H]2[C@@H]3[C@H](O)C[C@]4(C)C[C@H](O)CC[C@]4(C)[C@H]3C[C@H](O)[C@]12C. The van der Waals surface area contributed by atoms with Crippen LogP contribution in [0.15, 0.2) is 0 Å². The smallest absolute Gasteiger partial charge is 0.129 e. The van der Waals surface area contributed by atoms with Crippen LogP contribution < -0.4 is 0 Å². The zero-order valence-corrected chi connectivity index (χ0v) is 19.7. The summed E-state index contributed by atoms with van der Waals surface area (Å²) in [5.74, 6) is 2.00. The minimum atomic E-state index is -0.353. The molecule has 4 aliphatic carbocycles. The van der Waals surface area contributed by atoms with Gasteiger partial charge in [-0.05, 0) is 104 Å². The molecule has 4 heteroatoms. The van der Waals surface area contributed by atoms with Gasteiger partial charge in [0.05, 0.1) is 18.3 Å². The molecule has 0 spiro atoms. The summed E-state index contributed by atoms with van der Waals surface area (Å²) in [6.45, 7) is 10.9. The molecule has 0 radical (unpaired) electrons. The molecule has 0 aromatic rings. The summed E-state index contributed by atoms with van der Waals surface area (Å²) in [6, 6.07) is 0. The summed E-state index contributed by atoms with van der Waals surface area (Å²) < 4.78 is 0. The minimum absolute atomic E-state index is 0.0640. The molecule has 0 bridgehead atoms. The van der Waals surface area contributed by atoms with E-state index in [2.05, 4.69) is 27.7 Å². The molecule has 3 N–H and O–H groups in total. The quantitative estimate of drug-likeness (QED) is 0.632. The van der Waals surface area contributed by atoms with Crippen LogP contribution in [0.3, 0.4) is 0 Å². The van der Waals surface area contributed by atoms with Crippen LogP contribution in [0.25, 0.3) is 0 Å². The highest BCUT2D eigenvalue weighted by Crippen LogP contribution is 2.71. The predicted molar refractivity (Wildman–Crippen MR) is 118 cm³/mol. The molecule has 172 valence electrons. The van der Waals surface area contributed by atoms with Crippen molar-refractivity contribution in [3.05, 3.63) is 0 Å². The molecular weight excluding hydrogens is 376 g/mol. The third-order valence-corrected chi connectivity index (χ3v) is 11.1. The van der Waals surface area contributed by atoms with Gasteiger partial charge in [0.15, 0.2) is 0 Å². The van der Waals surface area contributed by atoms with Crippen LogP contribution in [0, 0.1) is 45.8 Å². The summed E-state index contributed by atoms with van der Waals surface area (Å²) in [4.78, 5) is 11.5. The van der Waals surface area contributed by atoms with Gasteiger partial charge in [-0.25, -0.2) is 0 Å². The lowest BCUT2D eigenvalue weighted by molar-refractivity contribution is -0.233. The molecule has 0 aliphatic heterocycles. The van der Waals surface area contributed by atoms with Gasteiger partial charge in [0, 0.05) is 6.42 Å². The first-order valence-corrected chi connectivity index (χ1v) is 12.5. The Morgan fingerprint density at radius 1 is 1.03 bits per heavy atom. The van der Waals surface area contributed by atoms with Crippen LogP contribution in [0.5, 0.6) is 0 Å². The minimum Gasteiger partial charge on any atom is -0.393 e. The number of hydrogen-bond acceptors (Lipinski definition) is 4. The van der Waals surface area contributed by atoms with Gasteiger partial charge in [0.25, 0.3) is 0 Å². The van der Waals surface area contributed by atoms with Crippen molar-refractivity contribution in [2.75, 3.05) is 0 Å². The molecule has 4 fully saturated rings. The molecule has 0 aromatic heterocycles. The second-order valence-electron chi connectivity index (χ2n) is 12.5. The first-order chi connectivity index (χ1) is 13.9. The van der Waals surface area contributed by atoms with Crippen molar-refractivity contribution < 1.29 is 20.1 Å². The number of hydrogen-bond donors (Lipinski definition) is 3. The molecule has 0 amide bonds. The number of Topliss-reactive ketones (excluding diaryl/α,β-unsaturated/α-hetero) is 1. The lowest BCUT2D eigenvalue weighted by atomic mass is 9.39. The van der Waals surface area contributed by atoms with Gasteiger partial charge in [0.2, 0.25) is 0 Å². The van der Waals surface area contributed by atoms with Crippen LogP contribution in [0.1, 0.15) is 92.4 Å². The van der Waals surface area contributed by atoms with E-state index >= 15 is 0 Å². The highest BCUT2D eigenvalue weighted by molar-refractivity contribution is 5.75. The van der Waals surface area contributed by atoms with Crippen molar-refractivity contribution in [1.82, 2.24) is 0 Å². The highest BCUT2D eigenvalue weighted by Gasteiger charge is 2.68. The molecule has 11 atom stereocenters. The van der Waals surface area contributed by atoms with E-state index in [4.69, 9.17) is 0 Å². The first kappa shape index (κ1) is 22.7. The Balaban J connectivity index is 1.64. The van der Waals surface area contributed by atoms with Crippen LogP contribution in [-0.4, -0.2) is 39.4 Å². The average Bonchev–Trinajstić information content (AvgIpc) is 3.00. The monoisotopic (exact) mass is 420 g/mol. The maximum absolute atomic E-state index is 11.6. The largest absolute Gasteiger partial charge is 0.393 e. The standard InChI is InChI=1S/C26H44O4/c1-15(6-7-16(2)27)18-8-9-19-23-20(12-22(30)26(18,19)5)25(4)11-10-17(28)13-24(25,3)14-21(23)29/h15,17-23,28-30H,6-14H2,1-5H3/t15-,17-,18-,19+,20+,21-,22+,23+,24+,25-,26-/m1/s1. The van der Waals surface area contributed by atoms with Crippen LogP contribution in [-0.2, 0) is 4.79 Å². The van der Waals surface area contributed by atoms with E-state index in [0.29, 0.717) is 30.1 Å². The van der Waals surface area contributed by atoms with E-state index in [0.717, 1.165) is 51.4 Å². The molecule has 0 aromatic carbocycles. The van der Waals surface area contributed by atoms with Gasteiger partial charge in [0.1, 0.15) is 5.78 Å². The third-order valence-electron chi connectivity index (χ3n) is 11.1. The number of aliphatic hydroxyl groups excluding tert-OH is 3. The Kier molecular flexibility index (Phi) is 5.73. The van der Waals surface area contributed by atoms with Crippen molar-refractivity contribution in [2.45, 2.75) is 111 Å². The Labute approximate surface area is 182 Å². The Hall–Kier alpha value is -0.450. The van der Waals surface area contributed by atoms with Crippen molar-refractivity contribution in [1.29, 1.82) is 0 Å². The van der Waals surface area contributed by atoms with Crippen LogP contribution >= 0.6 is 0 Å². The highest BCUT2D eigenvalue weighted by atomic mass is 16.3. The van der Waals surface area contributed by atoms with E-state index < -0.39 is 0 Å². The molecule has 0 unspecified atom stereocenters. The Morgan fingerprint density at radius 2 is 1.73 bits per heavy atom. The van der Waals surface area contributed by atoms with Crippen molar-refractivity contribution in [3.8, 4) is 0 Å². The molecule has 4 nitrogen and oxygen atoms in total.